The number of rotatable bonds is 10. The molecule has 2 aromatic rings. The molecular weight excluding hydrogens is 417 g/mol. The van der Waals surface area contributed by atoms with Gasteiger partial charge in [0.15, 0.2) is 0 Å². The quantitative estimate of drug-likeness (QED) is 0.454. The molecule has 0 bridgehead atoms. The molecule has 1 unspecified atom stereocenters. The van der Waals surface area contributed by atoms with Gasteiger partial charge < -0.3 is 16.0 Å². The van der Waals surface area contributed by atoms with E-state index in [1.54, 1.807) is 6.07 Å². The molecule has 3 N–H and O–H groups in total. The average Bonchev–Trinajstić information content (AvgIpc) is 3.30. The summed E-state index contributed by atoms with van der Waals surface area (Å²) >= 11 is 0. The zero-order valence-corrected chi connectivity index (χ0v) is 20.0. The van der Waals surface area contributed by atoms with Crippen LogP contribution >= 0.6 is 0 Å². The van der Waals surface area contributed by atoms with E-state index in [2.05, 4.69) is 42.7 Å². The fraction of sp³-hybridized carbons (Fsp3) is 0.640. The summed E-state index contributed by atoms with van der Waals surface area (Å²) < 4.78 is 14.3. The van der Waals surface area contributed by atoms with Crippen molar-refractivity contribution in [2.75, 3.05) is 42.1 Å². The molecule has 2 aliphatic rings. The number of aromatic nitrogens is 3. The molecule has 180 valence electrons. The summed E-state index contributed by atoms with van der Waals surface area (Å²) in [6, 6.07) is 5.67. The maximum Gasteiger partial charge on any atom is 0.233 e. The molecule has 0 radical (unpaired) electrons. The molecule has 2 fully saturated rings. The first-order valence-corrected chi connectivity index (χ1v) is 12.7. The first-order valence-electron chi connectivity index (χ1n) is 12.7. The second kappa shape index (κ2) is 11.6. The molecule has 4 rings (SSSR count). The van der Waals surface area contributed by atoms with Gasteiger partial charge in [0.05, 0.1) is 0 Å². The largest absolute Gasteiger partial charge is 0.354 e. The third-order valence-electron chi connectivity index (χ3n) is 7.00. The first-order chi connectivity index (χ1) is 16.1. The highest BCUT2D eigenvalue weighted by Gasteiger charge is 2.23. The molecule has 0 spiro atoms. The molecule has 1 aliphatic heterocycles. The van der Waals surface area contributed by atoms with E-state index >= 15 is 0 Å². The van der Waals surface area contributed by atoms with E-state index in [1.165, 1.54) is 51.0 Å². The predicted octanol–water partition coefficient (Wildman–Crippen LogP) is 5.21. The van der Waals surface area contributed by atoms with E-state index in [0.717, 1.165) is 26.2 Å². The van der Waals surface area contributed by atoms with Gasteiger partial charge in [-0.05, 0) is 68.8 Å². The van der Waals surface area contributed by atoms with E-state index in [4.69, 9.17) is 0 Å². The van der Waals surface area contributed by atoms with Gasteiger partial charge in [0, 0.05) is 24.8 Å². The number of halogens is 1. The summed E-state index contributed by atoms with van der Waals surface area (Å²) in [5.74, 6) is 1.97. The third-order valence-corrected chi connectivity index (χ3v) is 7.00. The summed E-state index contributed by atoms with van der Waals surface area (Å²) in [6.45, 7) is 8.04. The van der Waals surface area contributed by atoms with Crippen LogP contribution in [0.15, 0.2) is 18.2 Å². The lowest BCUT2D eigenvalue weighted by Crippen LogP contribution is -2.35. The summed E-state index contributed by atoms with van der Waals surface area (Å²) in [5, 5.41) is 10.0. The van der Waals surface area contributed by atoms with Crippen LogP contribution in [-0.4, -0.2) is 52.1 Å². The predicted molar refractivity (Wildman–Crippen MR) is 133 cm³/mol. The van der Waals surface area contributed by atoms with E-state index in [0.29, 0.717) is 47.5 Å². The minimum atomic E-state index is -0.216. The lowest BCUT2D eigenvalue weighted by Gasteiger charge is -2.23. The molecule has 1 aromatic heterocycles. The number of anilines is 4. The summed E-state index contributed by atoms with van der Waals surface area (Å²) in [5.41, 5.74) is 1.33. The van der Waals surface area contributed by atoms with Gasteiger partial charge in [0.1, 0.15) is 5.82 Å². The second-order valence-corrected chi connectivity index (χ2v) is 9.28. The zero-order valence-electron chi connectivity index (χ0n) is 20.0. The Morgan fingerprint density at radius 1 is 0.909 bits per heavy atom. The topological polar surface area (TPSA) is 78.0 Å². The molecule has 1 atom stereocenters. The Morgan fingerprint density at radius 3 is 2.33 bits per heavy atom. The van der Waals surface area contributed by atoms with Crippen molar-refractivity contribution >= 4 is 23.5 Å². The number of aryl methyl sites for hydroxylation is 1. The fourth-order valence-corrected chi connectivity index (χ4v) is 5.01. The van der Waals surface area contributed by atoms with Crippen molar-refractivity contribution in [3.05, 3.63) is 29.6 Å². The molecule has 2 heterocycles. The van der Waals surface area contributed by atoms with Crippen LogP contribution in [0.3, 0.4) is 0 Å². The van der Waals surface area contributed by atoms with Crippen molar-refractivity contribution in [3.8, 4) is 0 Å². The molecule has 0 amide bonds. The Kier molecular flexibility index (Phi) is 8.31. The van der Waals surface area contributed by atoms with Crippen LogP contribution in [0.4, 0.5) is 27.9 Å². The van der Waals surface area contributed by atoms with Gasteiger partial charge in [-0.3, -0.25) is 4.90 Å². The van der Waals surface area contributed by atoms with Crippen molar-refractivity contribution in [1.29, 1.82) is 0 Å². The van der Waals surface area contributed by atoms with Crippen molar-refractivity contribution < 1.29 is 4.39 Å². The lowest BCUT2D eigenvalue weighted by atomic mass is 9.89. The standard InChI is InChI=1S/C25H38FN7/c1-3-19-12-13-20(15-22(19)26)29-25-31-23(27-16-18-9-6-5-7-10-18)30-24(32-25)28-17-21-11-8-14-33(21)4-2/h12-13,15,18,21H,3-11,14,16-17H2,1-2H3,(H3,27,28,29,30,31,32). The minimum Gasteiger partial charge on any atom is -0.354 e. The number of hydrogen-bond donors (Lipinski definition) is 3. The first kappa shape index (κ1) is 23.7. The number of hydrogen-bond acceptors (Lipinski definition) is 7. The highest BCUT2D eigenvalue weighted by molar-refractivity contribution is 5.56. The van der Waals surface area contributed by atoms with Gasteiger partial charge in [-0.25, -0.2) is 4.39 Å². The van der Waals surface area contributed by atoms with E-state index in [-0.39, 0.29) is 5.82 Å². The molecular formula is C25H38FN7. The Bertz CT molecular complexity index is 900. The number of likely N-dealkylation sites (tertiary alicyclic amines) is 1. The van der Waals surface area contributed by atoms with Gasteiger partial charge in [-0.2, -0.15) is 15.0 Å². The minimum absolute atomic E-state index is 0.216. The van der Waals surface area contributed by atoms with Crippen LogP contribution in [0.2, 0.25) is 0 Å². The summed E-state index contributed by atoms with van der Waals surface area (Å²) in [6.07, 6.45) is 9.54. The molecule has 1 aliphatic carbocycles. The Hall–Kier alpha value is -2.48. The number of nitrogens with one attached hydrogen (secondary N) is 3. The maximum absolute atomic E-state index is 14.3. The third kappa shape index (κ3) is 6.53. The van der Waals surface area contributed by atoms with Gasteiger partial charge in [0.25, 0.3) is 0 Å². The van der Waals surface area contributed by atoms with Gasteiger partial charge in [-0.1, -0.05) is 39.2 Å². The van der Waals surface area contributed by atoms with Crippen molar-refractivity contribution in [1.82, 2.24) is 19.9 Å². The van der Waals surface area contributed by atoms with E-state index in [1.807, 2.05) is 13.0 Å². The summed E-state index contributed by atoms with van der Waals surface area (Å²) in [7, 11) is 0. The monoisotopic (exact) mass is 455 g/mol. The number of benzene rings is 1. The van der Waals surface area contributed by atoms with Crippen molar-refractivity contribution in [2.24, 2.45) is 5.92 Å². The molecule has 1 saturated heterocycles. The van der Waals surface area contributed by atoms with E-state index in [9.17, 15) is 4.39 Å². The zero-order chi connectivity index (χ0) is 23.0. The van der Waals surface area contributed by atoms with Crippen molar-refractivity contribution in [2.45, 2.75) is 71.3 Å². The van der Waals surface area contributed by atoms with Crippen LogP contribution in [0.25, 0.3) is 0 Å². The van der Waals surface area contributed by atoms with Crippen LogP contribution in [0.5, 0.6) is 0 Å². The molecule has 1 saturated carbocycles. The highest BCUT2D eigenvalue weighted by atomic mass is 19.1. The smallest absolute Gasteiger partial charge is 0.233 e. The Labute approximate surface area is 197 Å². The van der Waals surface area contributed by atoms with Crippen LogP contribution in [0.1, 0.15) is 64.4 Å². The van der Waals surface area contributed by atoms with Crippen molar-refractivity contribution in [3.63, 3.8) is 0 Å². The number of likely N-dealkylation sites (N-methyl/N-ethyl adjacent to an activating group) is 1. The summed E-state index contributed by atoms with van der Waals surface area (Å²) in [4.78, 5) is 16.3. The average molecular weight is 456 g/mol. The van der Waals surface area contributed by atoms with Gasteiger partial charge >= 0.3 is 0 Å². The second-order valence-electron chi connectivity index (χ2n) is 9.28. The van der Waals surface area contributed by atoms with E-state index < -0.39 is 0 Å². The lowest BCUT2D eigenvalue weighted by molar-refractivity contribution is 0.277. The van der Waals surface area contributed by atoms with Gasteiger partial charge in [0.2, 0.25) is 17.8 Å². The molecule has 8 heteroatoms. The van der Waals surface area contributed by atoms with Crippen LogP contribution in [-0.2, 0) is 6.42 Å². The van der Waals surface area contributed by atoms with Crippen LogP contribution in [0, 0.1) is 11.7 Å². The normalized spacial score (nSPS) is 19.5. The molecule has 33 heavy (non-hydrogen) atoms. The molecule has 7 nitrogen and oxygen atoms in total. The number of nitrogens with zero attached hydrogens (tertiary/aromatic N) is 4. The SMILES string of the molecule is CCc1ccc(Nc2nc(NCC3CCCCC3)nc(NCC3CCCN3CC)n2)cc1F. The Morgan fingerprint density at radius 2 is 1.64 bits per heavy atom. The highest BCUT2D eigenvalue weighted by Crippen LogP contribution is 2.24. The van der Waals surface area contributed by atoms with Crippen LogP contribution < -0.4 is 16.0 Å². The maximum atomic E-state index is 14.3. The fourth-order valence-electron chi connectivity index (χ4n) is 5.01. The molecule has 1 aromatic carbocycles. The van der Waals surface area contributed by atoms with Gasteiger partial charge in [-0.15, -0.1) is 0 Å². The Balaban J connectivity index is 1.48.